The topological polar surface area (TPSA) is 66.9 Å². The molecule has 1 unspecified atom stereocenters. The van der Waals surface area contributed by atoms with E-state index in [1.165, 1.54) is 4.90 Å². The van der Waals surface area contributed by atoms with Gasteiger partial charge in [0.2, 0.25) is 15.9 Å². The summed E-state index contributed by atoms with van der Waals surface area (Å²) in [6.07, 6.45) is 1.87. The second-order valence-corrected chi connectivity index (χ2v) is 9.05. The lowest BCUT2D eigenvalue weighted by Gasteiger charge is -2.24. The molecule has 0 spiro atoms. The number of likely N-dealkylation sites (N-methyl/N-ethyl adjacent to an activating group) is 1. The minimum absolute atomic E-state index is 0.0188. The molecule has 1 aliphatic heterocycles. The highest BCUT2D eigenvalue weighted by Crippen LogP contribution is 2.37. The lowest BCUT2D eigenvalue weighted by atomic mass is 10.1. The molecule has 3 rings (SSSR count). The van der Waals surface area contributed by atoms with Crippen LogP contribution in [0.4, 0.5) is 0 Å². The summed E-state index contributed by atoms with van der Waals surface area (Å²) in [5.41, 5.74) is 1.76. The number of benzene rings is 2. The highest BCUT2D eigenvalue weighted by Gasteiger charge is 2.36. The number of methoxy groups -OCH3 is 1. The lowest BCUT2D eigenvalue weighted by Crippen LogP contribution is -2.30. The molecule has 150 valence electrons. The molecule has 28 heavy (non-hydrogen) atoms. The fourth-order valence-corrected chi connectivity index (χ4v) is 5.12. The molecule has 0 aliphatic carbocycles. The van der Waals surface area contributed by atoms with Crippen molar-refractivity contribution in [1.82, 2.24) is 9.21 Å². The maximum Gasteiger partial charge on any atom is 0.243 e. The minimum Gasteiger partial charge on any atom is -0.497 e. The summed E-state index contributed by atoms with van der Waals surface area (Å²) < 4.78 is 33.2. The fraction of sp³-hybridized carbons (Fsp3) is 0.381. The Balaban J connectivity index is 1.81. The van der Waals surface area contributed by atoms with Crippen LogP contribution in [-0.2, 0) is 21.2 Å². The third-order valence-electron chi connectivity index (χ3n) is 5.09. The first kappa shape index (κ1) is 20.4. The van der Waals surface area contributed by atoms with E-state index < -0.39 is 10.0 Å². The third kappa shape index (κ3) is 4.20. The van der Waals surface area contributed by atoms with Crippen molar-refractivity contribution in [3.63, 3.8) is 0 Å². The summed E-state index contributed by atoms with van der Waals surface area (Å²) >= 11 is 0. The molecule has 2 aromatic rings. The van der Waals surface area contributed by atoms with Gasteiger partial charge in [0.25, 0.3) is 0 Å². The summed E-state index contributed by atoms with van der Waals surface area (Å²) in [4.78, 5) is 13.6. The van der Waals surface area contributed by atoms with Gasteiger partial charge in [0.05, 0.1) is 24.5 Å². The van der Waals surface area contributed by atoms with E-state index in [0.717, 1.165) is 29.7 Å². The van der Waals surface area contributed by atoms with E-state index in [9.17, 15) is 13.2 Å². The van der Waals surface area contributed by atoms with Crippen molar-refractivity contribution in [3.05, 3.63) is 59.7 Å². The third-order valence-corrected chi connectivity index (χ3v) is 7.01. The SMILES string of the molecule is COc1ccc(C2CCCN2S(=O)(=O)c2ccc(CC(=O)N(C)C)cc2)cc1. The average Bonchev–Trinajstić information content (AvgIpc) is 3.19. The Morgan fingerprint density at radius 2 is 1.75 bits per heavy atom. The van der Waals surface area contributed by atoms with Gasteiger partial charge in [0.1, 0.15) is 5.75 Å². The van der Waals surface area contributed by atoms with Gasteiger partial charge < -0.3 is 9.64 Å². The van der Waals surface area contributed by atoms with Crippen molar-refractivity contribution >= 4 is 15.9 Å². The van der Waals surface area contributed by atoms with Crippen LogP contribution in [0, 0.1) is 0 Å². The minimum atomic E-state index is -3.61. The van der Waals surface area contributed by atoms with E-state index >= 15 is 0 Å². The molecular weight excluding hydrogens is 376 g/mol. The maximum absolute atomic E-state index is 13.2. The van der Waals surface area contributed by atoms with Crippen molar-refractivity contribution in [2.45, 2.75) is 30.2 Å². The number of carbonyl (C=O) groups is 1. The van der Waals surface area contributed by atoms with Crippen molar-refractivity contribution in [2.75, 3.05) is 27.7 Å². The van der Waals surface area contributed by atoms with Gasteiger partial charge in [0.15, 0.2) is 0 Å². The predicted molar refractivity (Wildman–Crippen MR) is 108 cm³/mol. The monoisotopic (exact) mass is 402 g/mol. The second-order valence-electron chi connectivity index (χ2n) is 7.16. The highest BCUT2D eigenvalue weighted by molar-refractivity contribution is 7.89. The van der Waals surface area contributed by atoms with Crippen molar-refractivity contribution in [1.29, 1.82) is 0 Å². The van der Waals surface area contributed by atoms with Crippen LogP contribution >= 0.6 is 0 Å². The molecule has 0 aromatic heterocycles. The summed E-state index contributed by atoms with van der Waals surface area (Å²) in [6, 6.07) is 14.0. The fourth-order valence-electron chi connectivity index (χ4n) is 3.43. The first-order valence-corrected chi connectivity index (χ1v) is 10.7. The van der Waals surface area contributed by atoms with E-state index in [2.05, 4.69) is 0 Å². The van der Waals surface area contributed by atoms with Crippen LogP contribution in [0.2, 0.25) is 0 Å². The zero-order valence-electron chi connectivity index (χ0n) is 16.5. The Morgan fingerprint density at radius 1 is 1.11 bits per heavy atom. The van der Waals surface area contributed by atoms with Crippen LogP contribution in [0.25, 0.3) is 0 Å². The number of hydrogen-bond acceptors (Lipinski definition) is 4. The smallest absolute Gasteiger partial charge is 0.243 e. The largest absolute Gasteiger partial charge is 0.497 e. The molecule has 0 saturated carbocycles. The van der Waals surface area contributed by atoms with Gasteiger partial charge in [-0.05, 0) is 48.2 Å². The van der Waals surface area contributed by atoms with Crippen LogP contribution in [0.3, 0.4) is 0 Å². The standard InChI is InChI=1S/C21H26N2O4S/c1-22(2)21(24)15-16-6-12-19(13-7-16)28(25,26)23-14-4-5-20(23)17-8-10-18(27-3)11-9-17/h6-13,20H,4-5,14-15H2,1-3H3. The summed E-state index contributed by atoms with van der Waals surface area (Å²) in [5.74, 6) is 0.730. The van der Waals surface area contributed by atoms with Crippen molar-refractivity contribution < 1.29 is 17.9 Å². The molecule has 1 atom stereocenters. The summed E-state index contributed by atoms with van der Waals surface area (Å²) in [6.45, 7) is 0.500. The maximum atomic E-state index is 13.2. The van der Waals surface area contributed by atoms with Gasteiger partial charge in [-0.1, -0.05) is 24.3 Å². The van der Waals surface area contributed by atoms with Crippen LogP contribution in [0.1, 0.15) is 30.0 Å². The number of carbonyl (C=O) groups excluding carboxylic acids is 1. The Kier molecular flexibility index (Phi) is 6.05. The van der Waals surface area contributed by atoms with E-state index in [1.807, 2.05) is 24.3 Å². The Hall–Kier alpha value is -2.38. The number of rotatable bonds is 6. The lowest BCUT2D eigenvalue weighted by molar-refractivity contribution is -0.127. The van der Waals surface area contributed by atoms with Gasteiger partial charge in [-0.2, -0.15) is 4.31 Å². The van der Waals surface area contributed by atoms with Gasteiger partial charge in [0, 0.05) is 20.6 Å². The van der Waals surface area contributed by atoms with Crippen LogP contribution in [0.15, 0.2) is 53.4 Å². The molecular formula is C21H26N2O4S. The molecule has 1 aliphatic rings. The zero-order chi connectivity index (χ0) is 20.3. The molecule has 0 N–H and O–H groups in total. The molecule has 1 amide bonds. The number of nitrogens with zero attached hydrogens (tertiary/aromatic N) is 2. The Labute approximate surface area is 166 Å². The van der Waals surface area contributed by atoms with Crippen LogP contribution < -0.4 is 4.74 Å². The van der Waals surface area contributed by atoms with E-state index in [0.29, 0.717) is 6.54 Å². The van der Waals surface area contributed by atoms with Gasteiger partial charge >= 0.3 is 0 Å². The van der Waals surface area contributed by atoms with E-state index in [4.69, 9.17) is 4.74 Å². The normalized spacial score (nSPS) is 17.5. The molecule has 1 fully saturated rings. The summed E-state index contributed by atoms with van der Waals surface area (Å²) in [7, 11) is 1.41. The van der Waals surface area contributed by atoms with Gasteiger partial charge in [-0.25, -0.2) is 8.42 Å². The first-order chi connectivity index (χ1) is 13.3. The Morgan fingerprint density at radius 3 is 2.32 bits per heavy atom. The number of sulfonamides is 1. The van der Waals surface area contributed by atoms with Crippen LogP contribution in [0.5, 0.6) is 5.75 Å². The molecule has 1 heterocycles. The van der Waals surface area contributed by atoms with Gasteiger partial charge in [-0.3, -0.25) is 4.79 Å². The first-order valence-electron chi connectivity index (χ1n) is 9.28. The second kappa shape index (κ2) is 8.32. The van der Waals surface area contributed by atoms with E-state index in [1.54, 1.807) is 49.8 Å². The molecule has 7 heteroatoms. The predicted octanol–water partition coefficient (Wildman–Crippen LogP) is 2.85. The van der Waals surface area contributed by atoms with E-state index in [-0.39, 0.29) is 23.3 Å². The average molecular weight is 403 g/mol. The zero-order valence-corrected chi connectivity index (χ0v) is 17.3. The van der Waals surface area contributed by atoms with Crippen LogP contribution in [-0.4, -0.2) is 51.3 Å². The molecule has 6 nitrogen and oxygen atoms in total. The number of ether oxygens (including phenoxy) is 1. The van der Waals surface area contributed by atoms with Gasteiger partial charge in [-0.15, -0.1) is 0 Å². The molecule has 0 bridgehead atoms. The molecule has 0 radical (unpaired) electrons. The van der Waals surface area contributed by atoms with Crippen molar-refractivity contribution in [2.24, 2.45) is 0 Å². The number of hydrogen-bond donors (Lipinski definition) is 0. The number of amides is 1. The molecule has 1 saturated heterocycles. The highest BCUT2D eigenvalue weighted by atomic mass is 32.2. The summed E-state index contributed by atoms with van der Waals surface area (Å²) in [5, 5.41) is 0. The van der Waals surface area contributed by atoms with Crippen molar-refractivity contribution in [3.8, 4) is 5.75 Å². The Bertz CT molecular complexity index is 922. The molecule has 2 aromatic carbocycles. The quantitative estimate of drug-likeness (QED) is 0.745.